The molecule has 0 aromatic carbocycles. The quantitative estimate of drug-likeness (QED) is 0.716. The molecule has 0 aliphatic heterocycles. The Morgan fingerprint density at radius 3 is 2.40 bits per heavy atom. The smallest absolute Gasteiger partial charge is 0.0739 e. The van der Waals surface area contributed by atoms with Crippen LogP contribution >= 0.6 is 0 Å². The first-order chi connectivity index (χ1) is 9.40. The Morgan fingerprint density at radius 1 is 1.05 bits per heavy atom. The molecule has 0 saturated heterocycles. The average Bonchev–Trinajstić information content (AvgIpc) is 2.37. The first kappa shape index (κ1) is 15.8. The Morgan fingerprint density at radius 2 is 1.80 bits per heavy atom. The summed E-state index contributed by atoms with van der Waals surface area (Å²) >= 11 is 0. The van der Waals surface area contributed by atoms with Crippen molar-refractivity contribution in [2.45, 2.75) is 84.8 Å². The molecule has 2 aliphatic rings. The van der Waals surface area contributed by atoms with Gasteiger partial charge < -0.3 is 4.74 Å². The van der Waals surface area contributed by atoms with Crippen LogP contribution in [0.5, 0.6) is 0 Å². The summed E-state index contributed by atoms with van der Waals surface area (Å²) in [6.07, 6.45) is 8.87. The van der Waals surface area contributed by atoms with Crippen molar-refractivity contribution in [1.82, 2.24) is 0 Å². The maximum atomic E-state index is 9.40. The Balaban J connectivity index is 1.97. The Bertz CT molecular complexity index is 351. The van der Waals surface area contributed by atoms with Crippen molar-refractivity contribution >= 4 is 0 Å². The second kappa shape index (κ2) is 6.48. The maximum absolute atomic E-state index is 9.40. The minimum absolute atomic E-state index is 0.117. The zero-order valence-corrected chi connectivity index (χ0v) is 13.7. The third-order valence-electron chi connectivity index (χ3n) is 5.44. The normalized spacial score (nSPS) is 39.2. The van der Waals surface area contributed by atoms with Crippen molar-refractivity contribution in [2.24, 2.45) is 23.2 Å². The Hall–Kier alpha value is -0.550. The molecule has 2 aliphatic carbocycles. The molecule has 0 amide bonds. The first-order valence-electron chi connectivity index (χ1n) is 8.45. The molecule has 0 aromatic heterocycles. The lowest BCUT2D eigenvalue weighted by Crippen LogP contribution is -2.39. The van der Waals surface area contributed by atoms with E-state index < -0.39 is 0 Å². The van der Waals surface area contributed by atoms with Crippen LogP contribution in [0.1, 0.15) is 72.6 Å². The topological polar surface area (TPSA) is 33.0 Å². The van der Waals surface area contributed by atoms with E-state index in [4.69, 9.17) is 4.74 Å². The highest BCUT2D eigenvalue weighted by atomic mass is 16.5. The molecular weight excluding hydrogens is 246 g/mol. The van der Waals surface area contributed by atoms with Gasteiger partial charge in [-0.1, -0.05) is 40.5 Å². The fourth-order valence-electron chi connectivity index (χ4n) is 3.96. The molecule has 2 heteroatoms. The van der Waals surface area contributed by atoms with E-state index in [1.54, 1.807) is 0 Å². The standard InChI is InChI=1S/C18H31NO/c1-13-6-5-7-16(10-13)20-17-11-15(18(2,3)4)9-8-14(17)12-19/h13-17H,5-11H2,1-4H3. The number of nitrogens with zero attached hydrogens (tertiary/aromatic N) is 1. The van der Waals surface area contributed by atoms with Crippen LogP contribution in [0, 0.1) is 34.5 Å². The van der Waals surface area contributed by atoms with E-state index in [1.807, 2.05) is 0 Å². The minimum atomic E-state index is 0.117. The molecule has 2 saturated carbocycles. The van der Waals surface area contributed by atoms with Crippen LogP contribution in [-0.4, -0.2) is 12.2 Å². The summed E-state index contributed by atoms with van der Waals surface area (Å²) in [7, 11) is 0. The van der Waals surface area contributed by atoms with E-state index in [0.29, 0.717) is 17.4 Å². The summed E-state index contributed by atoms with van der Waals surface area (Å²) in [6.45, 7) is 9.30. The first-order valence-corrected chi connectivity index (χ1v) is 8.45. The third-order valence-corrected chi connectivity index (χ3v) is 5.44. The summed E-state index contributed by atoms with van der Waals surface area (Å²) in [5.41, 5.74) is 0.335. The molecule has 0 spiro atoms. The largest absolute Gasteiger partial charge is 0.374 e. The van der Waals surface area contributed by atoms with Gasteiger partial charge in [-0.3, -0.25) is 0 Å². The average molecular weight is 277 g/mol. The van der Waals surface area contributed by atoms with Gasteiger partial charge in [0.1, 0.15) is 0 Å². The van der Waals surface area contributed by atoms with Gasteiger partial charge in [0.25, 0.3) is 0 Å². The van der Waals surface area contributed by atoms with Gasteiger partial charge in [0.05, 0.1) is 24.2 Å². The molecule has 2 rings (SSSR count). The number of nitriles is 1. The van der Waals surface area contributed by atoms with E-state index >= 15 is 0 Å². The van der Waals surface area contributed by atoms with Gasteiger partial charge in [0.15, 0.2) is 0 Å². The third kappa shape index (κ3) is 3.98. The second-order valence-corrected chi connectivity index (χ2v) is 8.18. The van der Waals surface area contributed by atoms with Crippen LogP contribution in [0.25, 0.3) is 0 Å². The maximum Gasteiger partial charge on any atom is 0.0739 e. The van der Waals surface area contributed by atoms with Gasteiger partial charge >= 0.3 is 0 Å². The van der Waals surface area contributed by atoms with Gasteiger partial charge in [0.2, 0.25) is 0 Å². The number of hydrogen-bond donors (Lipinski definition) is 0. The van der Waals surface area contributed by atoms with Gasteiger partial charge in [-0.25, -0.2) is 0 Å². The number of hydrogen-bond acceptors (Lipinski definition) is 2. The van der Waals surface area contributed by atoms with E-state index in [1.165, 1.54) is 32.1 Å². The van der Waals surface area contributed by atoms with Crippen LogP contribution < -0.4 is 0 Å². The van der Waals surface area contributed by atoms with Crippen molar-refractivity contribution < 1.29 is 4.74 Å². The zero-order valence-electron chi connectivity index (χ0n) is 13.7. The molecule has 0 aromatic rings. The molecule has 5 atom stereocenters. The monoisotopic (exact) mass is 277 g/mol. The van der Waals surface area contributed by atoms with Crippen LogP contribution in [0.4, 0.5) is 0 Å². The highest BCUT2D eigenvalue weighted by Gasteiger charge is 2.38. The molecule has 2 fully saturated rings. The van der Waals surface area contributed by atoms with Gasteiger partial charge in [-0.05, 0) is 49.4 Å². The summed E-state index contributed by atoms with van der Waals surface area (Å²) in [4.78, 5) is 0. The van der Waals surface area contributed by atoms with E-state index in [9.17, 15) is 5.26 Å². The van der Waals surface area contributed by atoms with Crippen LogP contribution in [0.3, 0.4) is 0 Å². The fourth-order valence-corrected chi connectivity index (χ4v) is 3.96. The van der Waals surface area contributed by atoms with E-state index in [0.717, 1.165) is 18.8 Å². The number of ether oxygens (including phenoxy) is 1. The molecule has 5 unspecified atom stereocenters. The number of rotatable bonds is 2. The molecule has 20 heavy (non-hydrogen) atoms. The summed E-state index contributed by atoms with van der Waals surface area (Å²) < 4.78 is 6.41. The Labute approximate surface area is 124 Å². The highest BCUT2D eigenvalue weighted by Crippen LogP contribution is 2.42. The molecular formula is C18H31NO. The van der Waals surface area contributed by atoms with Crippen molar-refractivity contribution in [3.63, 3.8) is 0 Å². The van der Waals surface area contributed by atoms with Crippen molar-refractivity contribution in [2.75, 3.05) is 0 Å². The van der Waals surface area contributed by atoms with Gasteiger partial charge in [-0.2, -0.15) is 5.26 Å². The van der Waals surface area contributed by atoms with Crippen molar-refractivity contribution in [3.8, 4) is 6.07 Å². The lowest BCUT2D eigenvalue weighted by molar-refractivity contribution is -0.0862. The molecule has 0 radical (unpaired) electrons. The highest BCUT2D eigenvalue weighted by molar-refractivity contribution is 4.96. The molecule has 2 nitrogen and oxygen atoms in total. The Kier molecular flexibility index (Phi) is 5.13. The van der Waals surface area contributed by atoms with Gasteiger partial charge in [-0.15, -0.1) is 0 Å². The summed E-state index contributed by atoms with van der Waals surface area (Å²) in [6, 6.07) is 2.50. The predicted octanol–water partition coefficient (Wildman–Crippen LogP) is 4.94. The lowest BCUT2D eigenvalue weighted by atomic mass is 9.69. The molecule has 114 valence electrons. The van der Waals surface area contributed by atoms with Crippen molar-refractivity contribution in [1.29, 1.82) is 5.26 Å². The van der Waals surface area contributed by atoms with Crippen molar-refractivity contribution in [3.05, 3.63) is 0 Å². The van der Waals surface area contributed by atoms with E-state index in [2.05, 4.69) is 33.8 Å². The van der Waals surface area contributed by atoms with Crippen LogP contribution in [-0.2, 0) is 4.74 Å². The van der Waals surface area contributed by atoms with Crippen LogP contribution in [0.2, 0.25) is 0 Å². The second-order valence-electron chi connectivity index (χ2n) is 8.18. The summed E-state index contributed by atoms with van der Waals surface area (Å²) in [5, 5.41) is 9.40. The lowest BCUT2D eigenvalue weighted by Gasteiger charge is -2.41. The van der Waals surface area contributed by atoms with Crippen LogP contribution in [0.15, 0.2) is 0 Å². The fraction of sp³-hybridized carbons (Fsp3) is 0.944. The predicted molar refractivity (Wildman–Crippen MR) is 82.2 cm³/mol. The molecule has 0 heterocycles. The SMILES string of the molecule is CC1CCCC(OC2CC(C(C)(C)C)CCC2C#N)C1. The summed E-state index contributed by atoms with van der Waals surface area (Å²) in [5.74, 6) is 1.60. The minimum Gasteiger partial charge on any atom is -0.374 e. The zero-order chi connectivity index (χ0) is 14.8. The van der Waals surface area contributed by atoms with Gasteiger partial charge in [0, 0.05) is 0 Å². The van der Waals surface area contributed by atoms with E-state index in [-0.39, 0.29) is 12.0 Å². The molecule has 0 N–H and O–H groups in total. The molecule has 0 bridgehead atoms.